The molecule has 1 aromatic rings. The molecule has 0 fully saturated rings. The molecule has 0 unspecified atom stereocenters. The van der Waals surface area contributed by atoms with E-state index in [0.29, 0.717) is 36.9 Å². The highest BCUT2D eigenvalue weighted by Gasteiger charge is 2.36. The Hall–Kier alpha value is -0.600. The van der Waals surface area contributed by atoms with E-state index < -0.39 is 11.2 Å². The second-order valence-corrected chi connectivity index (χ2v) is 4.39. The van der Waals surface area contributed by atoms with Crippen molar-refractivity contribution in [2.75, 3.05) is 37.6 Å². The Morgan fingerprint density at radius 3 is 2.53 bits per heavy atom. The number of ether oxygens (including phenoxy) is 1. The minimum atomic E-state index is -4.45. The Morgan fingerprint density at radius 1 is 1.35 bits per heavy atom. The van der Waals surface area contributed by atoms with Gasteiger partial charge in [-0.2, -0.15) is 13.2 Å². The predicted molar refractivity (Wildman–Crippen MR) is 59.7 cm³/mol. The standard InChI is InChI=1S/C8H11ClF3N3OS/c1-16-5-4-15(3-2-9)7-14-13-6(17-7)8(10,11)12/h2-5H2,1H3. The van der Waals surface area contributed by atoms with Gasteiger partial charge in [0.05, 0.1) is 6.61 Å². The molecule has 1 rings (SSSR count). The van der Waals surface area contributed by atoms with E-state index in [1.807, 2.05) is 0 Å². The number of alkyl halides is 4. The summed E-state index contributed by atoms with van der Waals surface area (Å²) in [4.78, 5) is 1.61. The topological polar surface area (TPSA) is 38.2 Å². The molecule has 0 aromatic carbocycles. The molecule has 0 bridgehead atoms. The molecule has 0 amide bonds. The van der Waals surface area contributed by atoms with Crippen LogP contribution in [0, 0.1) is 0 Å². The number of hydrogen-bond donors (Lipinski definition) is 0. The number of aromatic nitrogens is 2. The lowest BCUT2D eigenvalue weighted by atomic mass is 10.5. The molecule has 0 N–H and O–H groups in total. The third-order valence-electron chi connectivity index (χ3n) is 1.85. The smallest absolute Gasteiger partial charge is 0.383 e. The van der Waals surface area contributed by atoms with E-state index in [9.17, 15) is 13.2 Å². The molecule has 0 radical (unpaired) electrons. The Labute approximate surface area is 105 Å². The van der Waals surface area contributed by atoms with Gasteiger partial charge in [-0.25, -0.2) is 0 Å². The van der Waals surface area contributed by atoms with Gasteiger partial charge in [-0.3, -0.25) is 0 Å². The van der Waals surface area contributed by atoms with Gasteiger partial charge >= 0.3 is 6.18 Å². The van der Waals surface area contributed by atoms with E-state index in [0.717, 1.165) is 0 Å². The van der Waals surface area contributed by atoms with Gasteiger partial charge in [0.1, 0.15) is 0 Å². The fourth-order valence-electron chi connectivity index (χ4n) is 1.06. The van der Waals surface area contributed by atoms with Crippen LogP contribution in [0.2, 0.25) is 0 Å². The van der Waals surface area contributed by atoms with E-state index in [4.69, 9.17) is 16.3 Å². The van der Waals surface area contributed by atoms with E-state index in [-0.39, 0.29) is 5.13 Å². The Morgan fingerprint density at radius 2 is 2.06 bits per heavy atom. The van der Waals surface area contributed by atoms with Crippen LogP contribution in [0.1, 0.15) is 5.01 Å². The van der Waals surface area contributed by atoms with E-state index in [1.54, 1.807) is 4.90 Å². The molecule has 0 saturated heterocycles. The average Bonchev–Trinajstić information content (AvgIpc) is 2.72. The fourth-order valence-corrected chi connectivity index (χ4v) is 2.03. The Bertz CT molecular complexity index is 347. The lowest BCUT2D eigenvalue weighted by molar-refractivity contribution is -0.138. The zero-order valence-electron chi connectivity index (χ0n) is 9.00. The first-order valence-electron chi connectivity index (χ1n) is 4.69. The van der Waals surface area contributed by atoms with Crippen molar-refractivity contribution in [3.63, 3.8) is 0 Å². The summed E-state index contributed by atoms with van der Waals surface area (Å²) in [6.45, 7) is 1.21. The van der Waals surface area contributed by atoms with Crippen LogP contribution in [0.4, 0.5) is 18.3 Å². The zero-order chi connectivity index (χ0) is 12.9. The highest BCUT2D eigenvalue weighted by atomic mass is 35.5. The quantitative estimate of drug-likeness (QED) is 0.753. The van der Waals surface area contributed by atoms with Crippen LogP contribution >= 0.6 is 22.9 Å². The second kappa shape index (κ2) is 6.36. The van der Waals surface area contributed by atoms with Gasteiger partial charge in [-0.15, -0.1) is 21.8 Å². The van der Waals surface area contributed by atoms with Crippen molar-refractivity contribution in [2.24, 2.45) is 0 Å². The van der Waals surface area contributed by atoms with Gasteiger partial charge in [0, 0.05) is 26.1 Å². The van der Waals surface area contributed by atoms with Crippen LogP contribution in [0.3, 0.4) is 0 Å². The molecular weight excluding hydrogens is 279 g/mol. The number of nitrogens with zero attached hydrogens (tertiary/aromatic N) is 3. The van der Waals surface area contributed by atoms with E-state index >= 15 is 0 Å². The number of methoxy groups -OCH3 is 1. The van der Waals surface area contributed by atoms with Gasteiger partial charge in [0.25, 0.3) is 0 Å². The summed E-state index contributed by atoms with van der Waals surface area (Å²) in [5.41, 5.74) is 0. The Kier molecular flexibility index (Phi) is 5.41. The highest BCUT2D eigenvalue weighted by Crippen LogP contribution is 2.34. The fraction of sp³-hybridized carbons (Fsp3) is 0.750. The maximum atomic E-state index is 12.3. The van der Waals surface area contributed by atoms with Crippen molar-refractivity contribution in [3.8, 4) is 0 Å². The lowest BCUT2D eigenvalue weighted by Crippen LogP contribution is -2.29. The first-order chi connectivity index (χ1) is 7.99. The van der Waals surface area contributed by atoms with Crippen LogP contribution in [-0.4, -0.2) is 42.9 Å². The van der Waals surface area contributed by atoms with Crippen molar-refractivity contribution in [2.45, 2.75) is 6.18 Å². The third-order valence-corrected chi connectivity index (χ3v) is 3.05. The van der Waals surface area contributed by atoms with Crippen molar-refractivity contribution in [1.29, 1.82) is 0 Å². The molecule has 9 heteroatoms. The van der Waals surface area contributed by atoms with Crippen molar-refractivity contribution >= 4 is 28.1 Å². The van der Waals surface area contributed by atoms with Crippen LogP contribution in [-0.2, 0) is 10.9 Å². The van der Waals surface area contributed by atoms with Crippen LogP contribution in [0.5, 0.6) is 0 Å². The molecule has 4 nitrogen and oxygen atoms in total. The molecule has 0 atom stereocenters. The summed E-state index contributed by atoms with van der Waals surface area (Å²) in [5.74, 6) is 0.296. The van der Waals surface area contributed by atoms with Crippen molar-refractivity contribution in [1.82, 2.24) is 10.2 Å². The maximum Gasteiger partial charge on any atom is 0.445 e. The molecule has 0 aliphatic rings. The highest BCUT2D eigenvalue weighted by molar-refractivity contribution is 7.15. The molecule has 0 aliphatic heterocycles. The summed E-state index contributed by atoms with van der Waals surface area (Å²) in [6, 6.07) is 0. The summed E-state index contributed by atoms with van der Waals surface area (Å²) in [6.07, 6.45) is -4.45. The average molecular weight is 290 g/mol. The molecule has 17 heavy (non-hydrogen) atoms. The van der Waals surface area contributed by atoms with Gasteiger partial charge in [-0.05, 0) is 0 Å². The minimum Gasteiger partial charge on any atom is -0.383 e. The summed E-state index contributed by atoms with van der Waals surface area (Å²) in [5, 5.41) is 5.88. The van der Waals surface area contributed by atoms with E-state index in [2.05, 4.69) is 10.2 Å². The SMILES string of the molecule is COCCN(CCCl)c1nnc(C(F)(F)F)s1. The molecule has 0 aliphatic carbocycles. The zero-order valence-corrected chi connectivity index (χ0v) is 10.6. The Balaban J connectivity index is 2.76. The van der Waals surface area contributed by atoms with Gasteiger partial charge in [-0.1, -0.05) is 11.3 Å². The maximum absolute atomic E-state index is 12.3. The van der Waals surface area contributed by atoms with Crippen LogP contribution in [0.15, 0.2) is 0 Å². The molecule has 0 spiro atoms. The van der Waals surface area contributed by atoms with Crippen molar-refractivity contribution in [3.05, 3.63) is 5.01 Å². The van der Waals surface area contributed by atoms with E-state index in [1.165, 1.54) is 7.11 Å². The molecule has 0 saturated carbocycles. The lowest BCUT2D eigenvalue weighted by Gasteiger charge is -2.19. The van der Waals surface area contributed by atoms with Crippen molar-refractivity contribution < 1.29 is 17.9 Å². The third kappa shape index (κ3) is 4.29. The number of hydrogen-bond acceptors (Lipinski definition) is 5. The summed E-state index contributed by atoms with van der Waals surface area (Å²) < 4.78 is 41.9. The number of anilines is 1. The molecule has 1 heterocycles. The molecule has 1 aromatic heterocycles. The minimum absolute atomic E-state index is 0.204. The molecule has 98 valence electrons. The number of halogens is 4. The number of rotatable bonds is 6. The van der Waals surface area contributed by atoms with Gasteiger partial charge in [0.2, 0.25) is 10.1 Å². The monoisotopic (exact) mass is 289 g/mol. The second-order valence-electron chi connectivity index (χ2n) is 3.06. The summed E-state index contributed by atoms with van der Waals surface area (Å²) >= 11 is 6.08. The predicted octanol–water partition coefficient (Wildman–Crippen LogP) is 2.25. The summed E-state index contributed by atoms with van der Waals surface area (Å²) in [7, 11) is 1.51. The largest absolute Gasteiger partial charge is 0.445 e. The van der Waals surface area contributed by atoms with Gasteiger partial charge < -0.3 is 9.64 Å². The van der Waals surface area contributed by atoms with Gasteiger partial charge in [0.15, 0.2) is 0 Å². The van der Waals surface area contributed by atoms with Crippen LogP contribution in [0.25, 0.3) is 0 Å². The normalized spacial score (nSPS) is 11.8. The molecular formula is C8H11ClF3N3OS. The first-order valence-corrected chi connectivity index (χ1v) is 6.04. The first kappa shape index (κ1) is 14.5. The van der Waals surface area contributed by atoms with Crippen LogP contribution < -0.4 is 4.90 Å².